The molecular weight excluding hydrogens is 357 g/mol. The third-order valence-electron chi connectivity index (χ3n) is 3.77. The molecule has 0 aliphatic heterocycles. The van der Waals surface area contributed by atoms with Gasteiger partial charge in [-0.25, -0.2) is 9.37 Å². The van der Waals surface area contributed by atoms with E-state index in [1.54, 1.807) is 36.0 Å². The highest BCUT2D eigenvalue weighted by molar-refractivity contribution is 7.15. The second-order valence-electron chi connectivity index (χ2n) is 5.50. The summed E-state index contributed by atoms with van der Waals surface area (Å²) in [5.74, 6) is -0.898. The number of anilines is 1. The van der Waals surface area contributed by atoms with E-state index in [0.717, 1.165) is 0 Å². The molecule has 0 spiro atoms. The number of carbonyl (C=O) groups excluding carboxylic acids is 1. The molecule has 0 unspecified atom stereocenters. The smallest absolute Gasteiger partial charge is 0.271 e. The Bertz CT molecular complexity index is 1160. The number of fused-ring (bicyclic) bond motifs is 1. The van der Waals surface area contributed by atoms with Crippen molar-refractivity contribution in [1.29, 1.82) is 0 Å². The van der Waals surface area contributed by atoms with Crippen LogP contribution in [0.4, 0.5) is 10.1 Å². The van der Waals surface area contributed by atoms with Gasteiger partial charge in [0.1, 0.15) is 11.4 Å². The van der Waals surface area contributed by atoms with Crippen LogP contribution in [0.5, 0.6) is 0 Å². The van der Waals surface area contributed by atoms with Crippen LogP contribution in [-0.4, -0.2) is 25.1 Å². The Hall–Kier alpha value is -3.33. The monoisotopic (exact) mass is 369 g/mol. The average molecular weight is 369 g/mol. The molecule has 0 fully saturated rings. The standard InChI is InChI=1S/C17H12FN5O2S/c18-14-4-2-1-3-11(14)9-22-10-12(7-20-22)21-15(24)13-8-19-17-23(16(13)25)5-6-26-17/h1-8,10H,9H2,(H,21,24). The third-order valence-corrected chi connectivity index (χ3v) is 4.54. The topological polar surface area (TPSA) is 81.3 Å². The Balaban J connectivity index is 1.53. The van der Waals surface area contributed by atoms with Crippen molar-refractivity contribution in [2.75, 3.05) is 5.32 Å². The van der Waals surface area contributed by atoms with Crippen molar-refractivity contribution in [3.63, 3.8) is 0 Å². The number of nitrogens with one attached hydrogen (secondary N) is 1. The summed E-state index contributed by atoms with van der Waals surface area (Å²) < 4.78 is 16.5. The molecule has 26 heavy (non-hydrogen) atoms. The number of amides is 1. The van der Waals surface area contributed by atoms with Crippen LogP contribution in [0.2, 0.25) is 0 Å². The highest BCUT2D eigenvalue weighted by Gasteiger charge is 2.15. The summed E-state index contributed by atoms with van der Waals surface area (Å²) in [6.07, 6.45) is 5.83. The first kappa shape index (κ1) is 16.2. The number of aromatic nitrogens is 4. The van der Waals surface area contributed by atoms with Gasteiger partial charge in [0.05, 0.1) is 18.4 Å². The molecule has 0 saturated carbocycles. The van der Waals surface area contributed by atoms with Gasteiger partial charge >= 0.3 is 0 Å². The zero-order valence-electron chi connectivity index (χ0n) is 13.3. The molecule has 0 bridgehead atoms. The van der Waals surface area contributed by atoms with Crippen molar-refractivity contribution in [1.82, 2.24) is 19.2 Å². The number of hydrogen-bond acceptors (Lipinski definition) is 5. The molecule has 0 radical (unpaired) electrons. The van der Waals surface area contributed by atoms with Crippen LogP contribution in [-0.2, 0) is 6.54 Å². The highest BCUT2D eigenvalue weighted by atomic mass is 32.1. The molecule has 3 heterocycles. The Kier molecular flexibility index (Phi) is 4.05. The van der Waals surface area contributed by atoms with Gasteiger partial charge in [0.25, 0.3) is 11.5 Å². The molecular formula is C17H12FN5O2S. The van der Waals surface area contributed by atoms with E-state index in [-0.39, 0.29) is 17.9 Å². The fourth-order valence-corrected chi connectivity index (χ4v) is 3.17. The van der Waals surface area contributed by atoms with Gasteiger partial charge in [-0.3, -0.25) is 18.7 Å². The summed E-state index contributed by atoms with van der Waals surface area (Å²) in [5.41, 5.74) is 0.384. The first-order valence-corrected chi connectivity index (χ1v) is 8.52. The zero-order valence-corrected chi connectivity index (χ0v) is 14.1. The van der Waals surface area contributed by atoms with E-state index in [0.29, 0.717) is 16.2 Å². The van der Waals surface area contributed by atoms with E-state index in [1.165, 1.54) is 38.9 Å². The summed E-state index contributed by atoms with van der Waals surface area (Å²) >= 11 is 1.31. The summed E-state index contributed by atoms with van der Waals surface area (Å²) in [6.45, 7) is 0.230. The molecule has 7 nitrogen and oxygen atoms in total. The van der Waals surface area contributed by atoms with Crippen molar-refractivity contribution in [2.24, 2.45) is 0 Å². The van der Waals surface area contributed by atoms with Gasteiger partial charge < -0.3 is 5.32 Å². The summed E-state index contributed by atoms with van der Waals surface area (Å²) in [4.78, 5) is 29.3. The van der Waals surface area contributed by atoms with Crippen LogP contribution in [0.25, 0.3) is 4.96 Å². The minimum atomic E-state index is -0.575. The maximum absolute atomic E-state index is 13.7. The van der Waals surface area contributed by atoms with Gasteiger partial charge in [-0.05, 0) is 6.07 Å². The summed E-state index contributed by atoms with van der Waals surface area (Å²) in [5, 5.41) is 8.43. The number of carbonyl (C=O) groups is 1. The Morgan fingerprint density at radius 2 is 2.12 bits per heavy atom. The number of thiazole rings is 1. The van der Waals surface area contributed by atoms with Crippen molar-refractivity contribution < 1.29 is 9.18 Å². The molecule has 1 aromatic carbocycles. The maximum atomic E-state index is 13.7. The van der Waals surface area contributed by atoms with Crippen molar-refractivity contribution in [3.8, 4) is 0 Å². The van der Waals surface area contributed by atoms with Gasteiger partial charge in [0.2, 0.25) is 0 Å². The minimum absolute atomic E-state index is 0.0669. The quantitative estimate of drug-likeness (QED) is 0.599. The van der Waals surface area contributed by atoms with Crippen LogP contribution in [0.1, 0.15) is 15.9 Å². The van der Waals surface area contributed by atoms with Crippen LogP contribution in [0.3, 0.4) is 0 Å². The van der Waals surface area contributed by atoms with Crippen molar-refractivity contribution in [2.45, 2.75) is 6.54 Å². The second-order valence-corrected chi connectivity index (χ2v) is 6.38. The predicted octanol–water partition coefficient (Wildman–Crippen LogP) is 2.39. The molecule has 0 atom stereocenters. The maximum Gasteiger partial charge on any atom is 0.271 e. The highest BCUT2D eigenvalue weighted by Crippen LogP contribution is 2.12. The first-order valence-electron chi connectivity index (χ1n) is 7.64. The zero-order chi connectivity index (χ0) is 18.1. The Morgan fingerprint density at radius 1 is 1.27 bits per heavy atom. The molecule has 4 rings (SSSR count). The summed E-state index contributed by atoms with van der Waals surface area (Å²) in [6, 6.07) is 6.40. The van der Waals surface area contributed by atoms with Crippen molar-refractivity contribution >= 4 is 27.9 Å². The lowest BCUT2D eigenvalue weighted by Crippen LogP contribution is -2.25. The molecule has 1 amide bonds. The minimum Gasteiger partial charge on any atom is -0.319 e. The van der Waals surface area contributed by atoms with E-state index >= 15 is 0 Å². The third kappa shape index (κ3) is 3.00. The van der Waals surface area contributed by atoms with Gasteiger partial charge in [-0.2, -0.15) is 5.10 Å². The first-order chi connectivity index (χ1) is 12.6. The van der Waals surface area contributed by atoms with Crippen LogP contribution in [0.15, 0.2) is 59.2 Å². The molecule has 1 N–H and O–H groups in total. The lowest BCUT2D eigenvalue weighted by Gasteiger charge is -2.03. The van der Waals surface area contributed by atoms with Crippen LogP contribution >= 0.6 is 11.3 Å². The number of halogens is 1. The van der Waals surface area contributed by atoms with E-state index in [2.05, 4.69) is 15.4 Å². The average Bonchev–Trinajstić information content (AvgIpc) is 3.27. The molecule has 9 heteroatoms. The van der Waals surface area contributed by atoms with E-state index in [9.17, 15) is 14.0 Å². The predicted molar refractivity (Wildman–Crippen MR) is 95.0 cm³/mol. The number of benzene rings is 1. The van der Waals surface area contributed by atoms with Gasteiger partial charge in [0.15, 0.2) is 4.96 Å². The summed E-state index contributed by atoms with van der Waals surface area (Å²) in [7, 11) is 0. The van der Waals surface area contributed by atoms with Gasteiger partial charge in [-0.1, -0.05) is 18.2 Å². The number of nitrogens with zero attached hydrogens (tertiary/aromatic N) is 4. The number of hydrogen-bond donors (Lipinski definition) is 1. The van der Waals surface area contributed by atoms with E-state index < -0.39 is 11.5 Å². The lowest BCUT2D eigenvalue weighted by molar-refractivity contribution is 0.102. The van der Waals surface area contributed by atoms with Crippen LogP contribution in [0, 0.1) is 5.82 Å². The molecule has 4 aromatic rings. The van der Waals surface area contributed by atoms with Crippen LogP contribution < -0.4 is 10.9 Å². The lowest BCUT2D eigenvalue weighted by atomic mass is 10.2. The molecule has 3 aromatic heterocycles. The fourth-order valence-electron chi connectivity index (χ4n) is 2.49. The van der Waals surface area contributed by atoms with Crippen molar-refractivity contribution in [3.05, 3.63) is 81.7 Å². The molecule has 0 aliphatic carbocycles. The largest absolute Gasteiger partial charge is 0.319 e. The molecule has 0 saturated heterocycles. The molecule has 0 aliphatic rings. The number of rotatable bonds is 4. The Morgan fingerprint density at radius 3 is 2.96 bits per heavy atom. The molecule has 130 valence electrons. The van der Waals surface area contributed by atoms with Gasteiger partial charge in [0, 0.05) is 29.5 Å². The van der Waals surface area contributed by atoms with Gasteiger partial charge in [-0.15, -0.1) is 11.3 Å². The second kappa shape index (κ2) is 6.52. The fraction of sp³-hybridized carbons (Fsp3) is 0.0588. The normalized spacial score (nSPS) is 11.0. The Labute approximate surface area is 150 Å². The SMILES string of the molecule is O=C(Nc1cnn(Cc2ccccc2F)c1)c1cnc2sccn2c1=O. The van der Waals surface area contributed by atoms with E-state index in [1.807, 2.05) is 0 Å². The van der Waals surface area contributed by atoms with E-state index in [4.69, 9.17) is 0 Å².